The van der Waals surface area contributed by atoms with Crippen LogP contribution in [0.2, 0.25) is 0 Å². The predicted molar refractivity (Wildman–Crippen MR) is 109 cm³/mol. The highest BCUT2D eigenvalue weighted by molar-refractivity contribution is 7.89. The smallest absolute Gasteiger partial charge is 0.290 e. The van der Waals surface area contributed by atoms with E-state index in [-0.39, 0.29) is 24.7 Å². The Morgan fingerprint density at radius 2 is 1.87 bits per heavy atom. The average Bonchev–Trinajstić information content (AvgIpc) is 2.75. The van der Waals surface area contributed by atoms with Crippen molar-refractivity contribution in [1.29, 1.82) is 0 Å². The van der Waals surface area contributed by atoms with E-state index in [1.165, 1.54) is 10.5 Å². The molecule has 4 N–H and O–H groups in total. The van der Waals surface area contributed by atoms with Gasteiger partial charge in [-0.3, -0.25) is 14.6 Å². The van der Waals surface area contributed by atoms with Crippen LogP contribution in [0.1, 0.15) is 10.4 Å². The van der Waals surface area contributed by atoms with Gasteiger partial charge in [0.15, 0.2) is 0 Å². The van der Waals surface area contributed by atoms with Gasteiger partial charge in [0.25, 0.3) is 12.4 Å². The molecule has 12 heteroatoms. The first kappa shape index (κ1) is 23.2. The number of nitrogens with one attached hydrogen (secondary N) is 1. The summed E-state index contributed by atoms with van der Waals surface area (Å²) in [4.78, 5) is 28.7. The van der Waals surface area contributed by atoms with E-state index in [2.05, 4.69) is 15.3 Å². The molecule has 0 radical (unpaired) electrons. The van der Waals surface area contributed by atoms with Gasteiger partial charge in [0.05, 0.1) is 37.1 Å². The highest BCUT2D eigenvalue weighted by atomic mass is 32.2. The molecule has 1 saturated heterocycles. The fourth-order valence-electron chi connectivity index (χ4n) is 2.66. The van der Waals surface area contributed by atoms with Crippen LogP contribution in [0.25, 0.3) is 11.3 Å². The number of ether oxygens (including phenoxy) is 1. The minimum absolute atomic E-state index is 0.0426. The average molecular weight is 437 g/mol. The third kappa shape index (κ3) is 6.76. The Bertz CT molecular complexity index is 946. The first-order valence-corrected chi connectivity index (χ1v) is 10.6. The van der Waals surface area contributed by atoms with Crippen LogP contribution in [0.15, 0.2) is 36.7 Å². The lowest BCUT2D eigenvalue weighted by molar-refractivity contribution is -0.122. The number of nitrogens with two attached hydrogens (primary N) is 1. The summed E-state index contributed by atoms with van der Waals surface area (Å²) in [6.07, 6.45) is 3.04. The van der Waals surface area contributed by atoms with Gasteiger partial charge in [-0.1, -0.05) is 12.1 Å². The van der Waals surface area contributed by atoms with Crippen molar-refractivity contribution in [2.24, 2.45) is 0 Å². The Morgan fingerprint density at radius 3 is 2.47 bits per heavy atom. The third-order valence-corrected chi connectivity index (χ3v) is 5.98. The van der Waals surface area contributed by atoms with Crippen LogP contribution >= 0.6 is 0 Å². The van der Waals surface area contributed by atoms with Gasteiger partial charge in [-0.25, -0.2) is 13.4 Å². The summed E-state index contributed by atoms with van der Waals surface area (Å²) in [5.74, 6) is -0.163. The number of benzene rings is 1. The monoisotopic (exact) mass is 437 g/mol. The molecule has 1 fully saturated rings. The summed E-state index contributed by atoms with van der Waals surface area (Å²) in [5.41, 5.74) is 7.44. The topological polar surface area (TPSA) is 165 Å². The minimum Gasteiger partial charge on any atom is -0.483 e. The quantitative estimate of drug-likeness (QED) is 0.520. The number of morpholine rings is 1. The Morgan fingerprint density at radius 1 is 1.23 bits per heavy atom. The number of nitrogens with zero attached hydrogens (tertiary/aromatic N) is 3. The van der Waals surface area contributed by atoms with Crippen molar-refractivity contribution < 1.29 is 27.9 Å². The minimum atomic E-state index is -3.40. The fourth-order valence-corrected chi connectivity index (χ4v) is 3.99. The molecule has 0 unspecified atom stereocenters. The molecule has 1 aliphatic heterocycles. The van der Waals surface area contributed by atoms with Crippen LogP contribution in [0.5, 0.6) is 0 Å². The van der Waals surface area contributed by atoms with Crippen LogP contribution in [-0.2, 0) is 19.6 Å². The van der Waals surface area contributed by atoms with Crippen molar-refractivity contribution in [3.63, 3.8) is 0 Å². The number of aromatic nitrogens is 2. The number of nitrogen functional groups attached to an aromatic ring is 1. The number of anilines is 1. The van der Waals surface area contributed by atoms with E-state index in [4.69, 9.17) is 20.4 Å². The number of sulfonamides is 1. The van der Waals surface area contributed by atoms with Crippen molar-refractivity contribution in [2.75, 3.05) is 44.3 Å². The van der Waals surface area contributed by atoms with E-state index >= 15 is 0 Å². The maximum absolute atomic E-state index is 12.2. The molecule has 1 aromatic heterocycles. The largest absolute Gasteiger partial charge is 0.483 e. The Balaban J connectivity index is 0.00000101. The summed E-state index contributed by atoms with van der Waals surface area (Å²) in [7, 11) is -3.40. The summed E-state index contributed by atoms with van der Waals surface area (Å²) in [6, 6.07) is 6.77. The van der Waals surface area contributed by atoms with Crippen LogP contribution in [0.3, 0.4) is 0 Å². The highest BCUT2D eigenvalue weighted by Crippen LogP contribution is 2.17. The lowest BCUT2D eigenvalue weighted by Gasteiger charge is -2.26. The SMILES string of the molecule is Nc1cncc(-c2ccc(C(=O)NCCS(=O)(=O)N3CCOCC3)cc2)n1.O=CO. The van der Waals surface area contributed by atoms with Crippen LogP contribution < -0.4 is 11.1 Å². The molecular formula is C18H23N5O6S. The van der Waals surface area contributed by atoms with Crippen molar-refractivity contribution >= 4 is 28.2 Å². The summed E-state index contributed by atoms with van der Waals surface area (Å²) >= 11 is 0. The molecule has 30 heavy (non-hydrogen) atoms. The number of hydrogen-bond acceptors (Lipinski definition) is 8. The lowest BCUT2D eigenvalue weighted by Crippen LogP contribution is -2.43. The fraction of sp³-hybridized carbons (Fsp3) is 0.333. The van der Waals surface area contributed by atoms with Crippen molar-refractivity contribution in [3.05, 3.63) is 42.2 Å². The third-order valence-electron chi connectivity index (χ3n) is 4.11. The standard InChI is InChI=1S/C17H21N5O4S.CH2O2/c18-16-12-19-11-15(21-16)13-1-3-14(4-2-13)17(23)20-5-10-27(24,25)22-6-8-26-9-7-22;2-1-3/h1-4,11-12H,5-10H2,(H2,18,21)(H,20,23);1H,(H,2,3). The van der Waals surface area contributed by atoms with Gasteiger partial charge in [0, 0.05) is 30.8 Å². The van der Waals surface area contributed by atoms with Crippen LogP contribution in [0, 0.1) is 0 Å². The second-order valence-electron chi connectivity index (χ2n) is 6.10. The molecular weight excluding hydrogens is 414 g/mol. The predicted octanol–water partition coefficient (Wildman–Crippen LogP) is -0.182. The number of rotatable bonds is 6. The van der Waals surface area contributed by atoms with Crippen LogP contribution in [0.4, 0.5) is 5.82 Å². The normalized spacial score (nSPS) is 14.3. The second kappa shape index (κ2) is 11.2. The van der Waals surface area contributed by atoms with Gasteiger partial charge in [0.2, 0.25) is 10.0 Å². The first-order valence-electron chi connectivity index (χ1n) is 8.97. The van der Waals surface area contributed by atoms with E-state index in [0.717, 1.165) is 5.56 Å². The van der Waals surface area contributed by atoms with E-state index in [9.17, 15) is 13.2 Å². The molecule has 1 amide bonds. The molecule has 0 aliphatic carbocycles. The molecule has 1 aromatic carbocycles. The zero-order valence-electron chi connectivity index (χ0n) is 16.1. The van der Waals surface area contributed by atoms with Gasteiger partial charge in [-0.15, -0.1) is 0 Å². The van der Waals surface area contributed by atoms with Crippen molar-refractivity contribution in [2.45, 2.75) is 0 Å². The number of carbonyl (C=O) groups excluding carboxylic acids is 1. The van der Waals surface area contributed by atoms with E-state index < -0.39 is 10.0 Å². The molecule has 2 heterocycles. The van der Waals surface area contributed by atoms with Gasteiger partial charge in [-0.2, -0.15) is 4.31 Å². The molecule has 0 atom stereocenters. The first-order chi connectivity index (χ1) is 14.4. The molecule has 2 aromatic rings. The van der Waals surface area contributed by atoms with Crippen molar-refractivity contribution in [3.8, 4) is 11.3 Å². The van der Waals surface area contributed by atoms with E-state index in [0.29, 0.717) is 43.4 Å². The highest BCUT2D eigenvalue weighted by Gasteiger charge is 2.24. The number of amides is 1. The molecule has 11 nitrogen and oxygen atoms in total. The maximum atomic E-state index is 12.2. The number of hydrogen-bond donors (Lipinski definition) is 3. The van der Waals surface area contributed by atoms with Gasteiger partial charge < -0.3 is 20.9 Å². The molecule has 0 spiro atoms. The molecule has 162 valence electrons. The van der Waals surface area contributed by atoms with E-state index in [1.807, 2.05) is 0 Å². The second-order valence-corrected chi connectivity index (χ2v) is 8.18. The van der Waals surface area contributed by atoms with E-state index in [1.54, 1.807) is 30.5 Å². The molecule has 0 bridgehead atoms. The van der Waals surface area contributed by atoms with Gasteiger partial charge in [0.1, 0.15) is 5.82 Å². The lowest BCUT2D eigenvalue weighted by atomic mass is 10.1. The maximum Gasteiger partial charge on any atom is 0.290 e. The van der Waals surface area contributed by atoms with Crippen LogP contribution in [-0.4, -0.2) is 78.8 Å². The number of carboxylic acid groups (broad SMARTS) is 1. The summed E-state index contributed by atoms with van der Waals surface area (Å²) < 4.78 is 31.0. The Kier molecular flexibility index (Phi) is 8.65. The Hall–Kier alpha value is -3.09. The van der Waals surface area contributed by atoms with Crippen molar-refractivity contribution in [1.82, 2.24) is 19.6 Å². The summed E-state index contributed by atoms with van der Waals surface area (Å²) in [6.45, 7) is 1.29. The zero-order chi connectivity index (χ0) is 22.0. The summed E-state index contributed by atoms with van der Waals surface area (Å²) in [5, 5.41) is 9.53. The number of carbonyl (C=O) groups is 2. The van der Waals surface area contributed by atoms with Gasteiger partial charge in [-0.05, 0) is 12.1 Å². The molecule has 1 aliphatic rings. The molecule has 3 rings (SSSR count). The van der Waals surface area contributed by atoms with Gasteiger partial charge >= 0.3 is 0 Å². The molecule has 0 saturated carbocycles. The Labute approximate surface area is 173 Å². The zero-order valence-corrected chi connectivity index (χ0v) is 16.9.